The Morgan fingerprint density at radius 1 is 1.39 bits per heavy atom. The average Bonchev–Trinajstić information content (AvgIpc) is 2.38. The van der Waals surface area contributed by atoms with Gasteiger partial charge in [-0.25, -0.2) is 0 Å². The van der Waals surface area contributed by atoms with E-state index in [2.05, 4.69) is 18.2 Å². The SMILES string of the molecule is CN(CCCl)CC(=O)N1CCc2ccccc2C1. The minimum absolute atomic E-state index is 0.192. The van der Waals surface area contributed by atoms with Crippen molar-refractivity contribution in [3.63, 3.8) is 0 Å². The number of hydrogen-bond donors (Lipinski definition) is 0. The lowest BCUT2D eigenvalue weighted by atomic mass is 10.00. The van der Waals surface area contributed by atoms with Crippen molar-refractivity contribution in [2.45, 2.75) is 13.0 Å². The monoisotopic (exact) mass is 266 g/mol. The molecule has 0 saturated heterocycles. The molecular formula is C14H19ClN2O. The number of likely N-dealkylation sites (N-methyl/N-ethyl adjacent to an activating group) is 1. The van der Waals surface area contributed by atoms with Gasteiger partial charge in [-0.3, -0.25) is 9.69 Å². The number of benzene rings is 1. The summed E-state index contributed by atoms with van der Waals surface area (Å²) in [5, 5.41) is 0. The van der Waals surface area contributed by atoms with E-state index in [1.54, 1.807) is 0 Å². The summed E-state index contributed by atoms with van der Waals surface area (Å²) in [6.45, 7) is 2.76. The van der Waals surface area contributed by atoms with E-state index in [0.29, 0.717) is 12.4 Å². The maximum atomic E-state index is 12.1. The molecule has 0 bridgehead atoms. The van der Waals surface area contributed by atoms with E-state index in [-0.39, 0.29) is 5.91 Å². The molecular weight excluding hydrogens is 248 g/mol. The summed E-state index contributed by atoms with van der Waals surface area (Å²) in [4.78, 5) is 16.0. The summed E-state index contributed by atoms with van der Waals surface area (Å²) in [5.74, 6) is 0.754. The number of rotatable bonds is 4. The van der Waals surface area contributed by atoms with Crippen LogP contribution in [0.3, 0.4) is 0 Å². The third-order valence-electron chi connectivity index (χ3n) is 3.35. The second-order valence-corrected chi connectivity index (χ2v) is 5.14. The van der Waals surface area contributed by atoms with Crippen LogP contribution in [0.2, 0.25) is 0 Å². The van der Waals surface area contributed by atoms with Gasteiger partial charge < -0.3 is 4.90 Å². The summed E-state index contributed by atoms with van der Waals surface area (Å²) in [6.07, 6.45) is 0.959. The molecule has 0 saturated carbocycles. The van der Waals surface area contributed by atoms with E-state index in [4.69, 9.17) is 11.6 Å². The largest absolute Gasteiger partial charge is 0.337 e. The van der Waals surface area contributed by atoms with E-state index >= 15 is 0 Å². The van der Waals surface area contributed by atoms with Crippen LogP contribution >= 0.6 is 11.6 Å². The second-order valence-electron chi connectivity index (χ2n) is 4.76. The van der Waals surface area contributed by atoms with Gasteiger partial charge in [-0.1, -0.05) is 24.3 Å². The Bertz CT molecular complexity index is 422. The first-order valence-electron chi connectivity index (χ1n) is 6.30. The van der Waals surface area contributed by atoms with Crippen molar-refractivity contribution in [2.75, 3.05) is 32.6 Å². The van der Waals surface area contributed by atoms with E-state index in [1.165, 1.54) is 11.1 Å². The van der Waals surface area contributed by atoms with Crippen molar-refractivity contribution >= 4 is 17.5 Å². The topological polar surface area (TPSA) is 23.6 Å². The molecule has 1 aromatic carbocycles. The number of carbonyl (C=O) groups excluding carboxylic acids is 1. The minimum Gasteiger partial charge on any atom is -0.337 e. The molecule has 0 spiro atoms. The maximum Gasteiger partial charge on any atom is 0.237 e. The van der Waals surface area contributed by atoms with Gasteiger partial charge >= 0.3 is 0 Å². The zero-order valence-electron chi connectivity index (χ0n) is 10.7. The molecule has 98 valence electrons. The van der Waals surface area contributed by atoms with E-state index in [9.17, 15) is 4.79 Å². The Kier molecular flexibility index (Phi) is 4.61. The van der Waals surface area contributed by atoms with Crippen molar-refractivity contribution in [3.8, 4) is 0 Å². The van der Waals surface area contributed by atoms with Gasteiger partial charge in [-0.2, -0.15) is 0 Å². The quantitative estimate of drug-likeness (QED) is 0.775. The fraction of sp³-hybridized carbons (Fsp3) is 0.500. The summed E-state index contributed by atoms with van der Waals surface area (Å²) in [7, 11) is 1.93. The zero-order chi connectivity index (χ0) is 13.0. The third kappa shape index (κ3) is 3.24. The number of alkyl halides is 1. The molecule has 4 heteroatoms. The molecule has 1 aromatic rings. The highest BCUT2D eigenvalue weighted by atomic mass is 35.5. The van der Waals surface area contributed by atoms with Crippen molar-refractivity contribution in [1.29, 1.82) is 0 Å². The molecule has 0 aromatic heterocycles. The highest BCUT2D eigenvalue weighted by Gasteiger charge is 2.20. The highest BCUT2D eigenvalue weighted by molar-refractivity contribution is 6.18. The number of amides is 1. The van der Waals surface area contributed by atoms with Crippen LogP contribution < -0.4 is 0 Å². The molecule has 1 heterocycles. The van der Waals surface area contributed by atoms with Gasteiger partial charge in [0, 0.05) is 25.5 Å². The normalized spacial score (nSPS) is 14.7. The van der Waals surface area contributed by atoms with E-state index in [0.717, 1.165) is 26.1 Å². The van der Waals surface area contributed by atoms with Crippen LogP contribution in [0.1, 0.15) is 11.1 Å². The summed E-state index contributed by atoms with van der Waals surface area (Å²) < 4.78 is 0. The van der Waals surface area contributed by atoms with E-state index < -0.39 is 0 Å². The number of fused-ring (bicyclic) bond motifs is 1. The van der Waals surface area contributed by atoms with Crippen LogP contribution in [0, 0.1) is 0 Å². The molecule has 0 aliphatic carbocycles. The fourth-order valence-electron chi connectivity index (χ4n) is 2.26. The molecule has 2 rings (SSSR count). The molecule has 0 fully saturated rings. The number of hydrogen-bond acceptors (Lipinski definition) is 2. The van der Waals surface area contributed by atoms with Crippen LogP contribution in [0.5, 0.6) is 0 Å². The lowest BCUT2D eigenvalue weighted by molar-refractivity contribution is -0.133. The first-order chi connectivity index (χ1) is 8.70. The van der Waals surface area contributed by atoms with Gasteiger partial charge in [0.1, 0.15) is 0 Å². The highest BCUT2D eigenvalue weighted by Crippen LogP contribution is 2.18. The van der Waals surface area contributed by atoms with Gasteiger partial charge in [0.25, 0.3) is 0 Å². The Morgan fingerprint density at radius 2 is 2.11 bits per heavy atom. The minimum atomic E-state index is 0.192. The predicted octanol–water partition coefficient (Wildman–Crippen LogP) is 1.74. The molecule has 0 unspecified atom stereocenters. The molecule has 1 aliphatic rings. The Hall–Kier alpha value is -1.06. The van der Waals surface area contributed by atoms with Crippen LogP contribution in [-0.4, -0.2) is 48.3 Å². The molecule has 18 heavy (non-hydrogen) atoms. The summed E-state index contributed by atoms with van der Waals surface area (Å²) in [6, 6.07) is 8.35. The lowest BCUT2D eigenvalue weighted by Gasteiger charge is -2.30. The van der Waals surface area contributed by atoms with Crippen molar-refractivity contribution in [3.05, 3.63) is 35.4 Å². The Labute approximate surface area is 113 Å². The van der Waals surface area contributed by atoms with Crippen LogP contribution in [-0.2, 0) is 17.8 Å². The van der Waals surface area contributed by atoms with Crippen LogP contribution in [0.4, 0.5) is 0 Å². The van der Waals surface area contributed by atoms with Crippen LogP contribution in [0.15, 0.2) is 24.3 Å². The van der Waals surface area contributed by atoms with Gasteiger partial charge in [-0.05, 0) is 24.6 Å². The third-order valence-corrected chi connectivity index (χ3v) is 3.52. The van der Waals surface area contributed by atoms with Crippen molar-refractivity contribution in [1.82, 2.24) is 9.80 Å². The first-order valence-corrected chi connectivity index (χ1v) is 6.83. The van der Waals surface area contributed by atoms with Gasteiger partial charge in [0.2, 0.25) is 5.91 Å². The smallest absolute Gasteiger partial charge is 0.237 e. The summed E-state index contributed by atoms with van der Waals surface area (Å²) in [5.41, 5.74) is 2.65. The standard InChI is InChI=1S/C14H19ClN2O/c1-16(9-7-15)11-14(18)17-8-6-12-4-2-3-5-13(12)10-17/h2-5H,6-11H2,1H3. The first kappa shape index (κ1) is 13.4. The molecule has 1 amide bonds. The van der Waals surface area contributed by atoms with Gasteiger partial charge in [0.15, 0.2) is 0 Å². The van der Waals surface area contributed by atoms with Gasteiger partial charge in [-0.15, -0.1) is 11.6 Å². The average molecular weight is 267 g/mol. The Balaban J connectivity index is 1.94. The molecule has 0 atom stereocenters. The Morgan fingerprint density at radius 3 is 2.83 bits per heavy atom. The zero-order valence-corrected chi connectivity index (χ0v) is 11.5. The number of carbonyl (C=O) groups is 1. The lowest BCUT2D eigenvalue weighted by Crippen LogP contribution is -2.42. The molecule has 0 N–H and O–H groups in total. The molecule has 3 nitrogen and oxygen atoms in total. The summed E-state index contributed by atoms with van der Waals surface area (Å²) >= 11 is 5.67. The van der Waals surface area contributed by atoms with Crippen molar-refractivity contribution in [2.24, 2.45) is 0 Å². The van der Waals surface area contributed by atoms with Gasteiger partial charge in [0.05, 0.1) is 6.54 Å². The number of nitrogens with zero attached hydrogens (tertiary/aromatic N) is 2. The second kappa shape index (κ2) is 6.21. The fourth-order valence-corrected chi connectivity index (χ4v) is 2.55. The van der Waals surface area contributed by atoms with Crippen molar-refractivity contribution < 1.29 is 4.79 Å². The van der Waals surface area contributed by atoms with E-state index in [1.807, 2.05) is 22.9 Å². The molecule has 1 aliphatic heterocycles. The number of halogens is 1. The molecule has 0 radical (unpaired) electrons. The maximum absolute atomic E-state index is 12.1. The van der Waals surface area contributed by atoms with Crippen LogP contribution in [0.25, 0.3) is 0 Å². The predicted molar refractivity (Wildman–Crippen MR) is 73.8 cm³/mol.